The van der Waals surface area contributed by atoms with Crippen molar-refractivity contribution in [1.29, 1.82) is 0 Å². The average Bonchev–Trinajstić information content (AvgIpc) is 3.27. The Morgan fingerprint density at radius 1 is 1.22 bits per heavy atom. The molecule has 14 heteroatoms. The van der Waals surface area contributed by atoms with Crippen LogP contribution in [0.5, 0.6) is 0 Å². The van der Waals surface area contributed by atoms with Crippen LogP contribution in [0.1, 0.15) is 35.2 Å². The summed E-state index contributed by atoms with van der Waals surface area (Å²) in [4.78, 5) is 16.5. The first kappa shape index (κ1) is 27.0. The third kappa shape index (κ3) is 4.94. The molecular formula is C23H19BrClF3N4O4S. The van der Waals surface area contributed by atoms with Gasteiger partial charge in [0.1, 0.15) is 11.5 Å². The molecule has 0 bridgehead atoms. The fraction of sp³-hybridized carbons (Fsp3) is 0.217. The van der Waals surface area contributed by atoms with E-state index >= 15 is 0 Å². The monoisotopic (exact) mass is 618 g/mol. The van der Waals surface area contributed by atoms with Crippen molar-refractivity contribution in [3.05, 3.63) is 69.6 Å². The second kappa shape index (κ2) is 10.0. The molecule has 0 spiro atoms. The number of hydrogen-bond acceptors (Lipinski definition) is 5. The summed E-state index contributed by atoms with van der Waals surface area (Å²) in [5.41, 5.74) is 2.07. The number of hydrogen-bond donors (Lipinski definition) is 2. The molecule has 1 aliphatic heterocycles. The van der Waals surface area contributed by atoms with Crippen molar-refractivity contribution in [2.75, 3.05) is 4.72 Å². The van der Waals surface area contributed by atoms with E-state index in [1.54, 1.807) is 21.4 Å². The Labute approximate surface area is 223 Å². The van der Waals surface area contributed by atoms with Crippen molar-refractivity contribution in [2.45, 2.75) is 31.8 Å². The van der Waals surface area contributed by atoms with Crippen LogP contribution in [0, 0.1) is 0 Å². The number of aromatic nitrogens is 2. The standard InChI is InChI=1S/C23H19BrClF3N4O4S/c1-2-5-17-30-21(25)20(22(29)33)32(17)10-14-12-8-9-36-11-15(12)19(24)18(14)13-6-3-4-7-16(13)31-37(34,35)23(26,27)28/h3-4,6-9,11,31H,2,5,10H2,1H3,(H2,29,33). The number of imidazole rings is 1. The lowest BCUT2D eigenvalue weighted by Gasteiger charge is -2.17. The first-order chi connectivity index (χ1) is 17.4. The molecule has 2 aliphatic rings. The Morgan fingerprint density at radius 2 is 1.92 bits per heavy atom. The molecule has 0 atom stereocenters. The number of nitrogens with one attached hydrogen (secondary N) is 1. The zero-order valence-electron chi connectivity index (χ0n) is 19.1. The number of anilines is 1. The minimum atomic E-state index is -5.70. The van der Waals surface area contributed by atoms with E-state index in [1.807, 2.05) is 6.92 Å². The molecule has 1 aromatic carbocycles. The number of sulfonamides is 1. The van der Waals surface area contributed by atoms with E-state index in [0.29, 0.717) is 45.4 Å². The first-order valence-corrected chi connectivity index (χ1v) is 13.4. The maximum atomic E-state index is 13.2. The molecule has 3 N–H and O–H groups in total. The highest BCUT2D eigenvalue weighted by molar-refractivity contribution is 9.10. The van der Waals surface area contributed by atoms with Crippen molar-refractivity contribution in [2.24, 2.45) is 5.73 Å². The van der Waals surface area contributed by atoms with Gasteiger partial charge in [0.05, 0.1) is 24.8 Å². The lowest BCUT2D eigenvalue weighted by molar-refractivity contribution is -0.0429. The number of halogens is 5. The van der Waals surface area contributed by atoms with E-state index in [0.717, 1.165) is 0 Å². The van der Waals surface area contributed by atoms with E-state index in [2.05, 4.69) is 20.9 Å². The van der Waals surface area contributed by atoms with E-state index < -0.39 is 21.4 Å². The van der Waals surface area contributed by atoms with Gasteiger partial charge in [-0.3, -0.25) is 9.52 Å². The van der Waals surface area contributed by atoms with Crippen LogP contribution < -0.4 is 10.5 Å². The number of nitrogens with two attached hydrogens (primary N) is 1. The fourth-order valence-corrected chi connectivity index (χ4v) is 5.72. The summed E-state index contributed by atoms with van der Waals surface area (Å²) in [5, 5.41) is -0.0687. The van der Waals surface area contributed by atoms with Gasteiger partial charge in [-0.25, -0.2) is 4.98 Å². The van der Waals surface area contributed by atoms with Crippen LogP contribution in [0.25, 0.3) is 22.3 Å². The van der Waals surface area contributed by atoms with Crippen molar-refractivity contribution < 1.29 is 30.8 Å². The molecule has 37 heavy (non-hydrogen) atoms. The SMILES string of the molecule is CCCc1nc(Cl)c(C(N)=O)n1Cc1c2ccocc-2c(Br)c1-c1ccccc1NS(=O)(=O)C(F)(F)F. The number of rotatable bonds is 8. The normalized spacial score (nSPS) is 12.3. The molecule has 0 saturated heterocycles. The summed E-state index contributed by atoms with van der Waals surface area (Å²) < 4.78 is 72.3. The van der Waals surface area contributed by atoms with Gasteiger partial charge >= 0.3 is 15.5 Å². The maximum absolute atomic E-state index is 13.2. The molecular weight excluding hydrogens is 601 g/mol. The largest absolute Gasteiger partial charge is 0.516 e. The van der Waals surface area contributed by atoms with Crippen LogP contribution in [-0.4, -0.2) is 29.4 Å². The number of benzene rings is 1. The van der Waals surface area contributed by atoms with Gasteiger partial charge < -0.3 is 14.7 Å². The van der Waals surface area contributed by atoms with Crippen LogP contribution in [0.3, 0.4) is 0 Å². The smallest absolute Gasteiger partial charge is 0.472 e. The van der Waals surface area contributed by atoms with Gasteiger partial charge in [-0.15, -0.1) is 0 Å². The molecule has 2 aromatic rings. The van der Waals surface area contributed by atoms with Crippen LogP contribution >= 0.6 is 27.5 Å². The predicted octanol–water partition coefficient (Wildman–Crippen LogP) is 6.03. The molecule has 1 aromatic heterocycles. The molecule has 196 valence electrons. The van der Waals surface area contributed by atoms with Crippen molar-refractivity contribution in [3.8, 4) is 22.3 Å². The zero-order valence-corrected chi connectivity index (χ0v) is 22.2. The fourth-order valence-electron chi connectivity index (χ4n) is 4.09. The van der Waals surface area contributed by atoms with Crippen molar-refractivity contribution in [1.82, 2.24) is 9.55 Å². The van der Waals surface area contributed by atoms with Gasteiger partial charge in [-0.1, -0.05) is 36.7 Å². The predicted molar refractivity (Wildman–Crippen MR) is 136 cm³/mol. The summed E-state index contributed by atoms with van der Waals surface area (Å²) in [7, 11) is -5.70. The summed E-state index contributed by atoms with van der Waals surface area (Å²) in [5.74, 6) is -0.311. The van der Waals surface area contributed by atoms with Crippen molar-refractivity contribution in [3.63, 3.8) is 0 Å². The van der Waals surface area contributed by atoms with Gasteiger partial charge in [0.25, 0.3) is 5.91 Å². The number of aryl methyl sites for hydroxylation is 1. The Kier molecular flexibility index (Phi) is 7.32. The lowest BCUT2D eigenvalue weighted by atomic mass is 10.0. The van der Waals surface area contributed by atoms with Crippen molar-refractivity contribution >= 4 is 49.1 Å². The molecule has 1 aliphatic carbocycles. The Hall–Kier alpha value is -3.03. The third-order valence-corrected chi connectivity index (χ3v) is 7.83. The highest BCUT2D eigenvalue weighted by Gasteiger charge is 2.46. The van der Waals surface area contributed by atoms with Crippen LogP contribution in [0.15, 0.2) is 51.7 Å². The van der Waals surface area contributed by atoms with Gasteiger partial charge in [0.2, 0.25) is 0 Å². The third-order valence-electron chi connectivity index (χ3n) is 5.64. The number of carbonyl (C=O) groups is 1. The second-order valence-electron chi connectivity index (χ2n) is 8.02. The van der Waals surface area contributed by atoms with Gasteiger partial charge in [-0.2, -0.15) is 21.6 Å². The van der Waals surface area contributed by atoms with Gasteiger partial charge in [0, 0.05) is 27.6 Å². The number of primary amides is 1. The van der Waals surface area contributed by atoms with E-state index in [9.17, 15) is 26.4 Å². The molecule has 1 amide bonds. The Morgan fingerprint density at radius 3 is 2.57 bits per heavy atom. The number of fused-ring (bicyclic) bond motifs is 1. The number of para-hydroxylation sites is 1. The number of amides is 1. The molecule has 8 nitrogen and oxygen atoms in total. The summed E-state index contributed by atoms with van der Waals surface area (Å²) >= 11 is 9.73. The molecule has 2 heterocycles. The summed E-state index contributed by atoms with van der Waals surface area (Å²) in [6, 6.07) is 7.33. The molecule has 0 radical (unpaired) electrons. The summed E-state index contributed by atoms with van der Waals surface area (Å²) in [6.07, 6.45) is 4.02. The number of carbonyl (C=O) groups excluding carboxylic acids is 1. The van der Waals surface area contributed by atoms with Crippen LogP contribution in [0.2, 0.25) is 5.15 Å². The average molecular weight is 620 g/mol. The quantitative estimate of drug-likeness (QED) is 0.250. The highest BCUT2D eigenvalue weighted by Crippen LogP contribution is 2.48. The zero-order chi connectivity index (χ0) is 27.1. The van der Waals surface area contributed by atoms with E-state index in [4.69, 9.17) is 21.8 Å². The molecule has 0 fully saturated rings. The van der Waals surface area contributed by atoms with Crippen LogP contribution in [-0.2, 0) is 23.0 Å². The number of alkyl halides is 3. The lowest BCUT2D eigenvalue weighted by Crippen LogP contribution is -2.30. The molecule has 0 unspecified atom stereocenters. The minimum absolute atomic E-state index is 0.00906. The number of nitrogens with zero attached hydrogens (tertiary/aromatic N) is 2. The van der Waals surface area contributed by atoms with E-state index in [-0.39, 0.29) is 28.6 Å². The van der Waals surface area contributed by atoms with E-state index in [1.165, 1.54) is 30.7 Å². The Balaban J connectivity index is 1.98. The van der Waals surface area contributed by atoms with Crippen LogP contribution in [0.4, 0.5) is 18.9 Å². The van der Waals surface area contributed by atoms with Gasteiger partial charge in [0.15, 0.2) is 5.15 Å². The van der Waals surface area contributed by atoms with Gasteiger partial charge in [-0.05, 0) is 45.6 Å². The Bertz CT molecular complexity index is 1570. The first-order valence-electron chi connectivity index (χ1n) is 10.8. The minimum Gasteiger partial charge on any atom is -0.472 e. The molecule has 4 rings (SSSR count). The maximum Gasteiger partial charge on any atom is 0.516 e. The molecule has 0 saturated carbocycles. The topological polar surface area (TPSA) is 120 Å². The second-order valence-corrected chi connectivity index (χ2v) is 10.8. The summed E-state index contributed by atoms with van der Waals surface area (Å²) in [6.45, 7) is 1.93. The highest BCUT2D eigenvalue weighted by atomic mass is 79.9.